The first kappa shape index (κ1) is 22.2. The Kier molecular flexibility index (Phi) is 5.88. The third kappa shape index (κ3) is 4.18. The maximum absolute atomic E-state index is 14.5. The summed E-state index contributed by atoms with van der Waals surface area (Å²) in [5, 5.41) is 2.75. The van der Waals surface area contributed by atoms with Crippen LogP contribution in [0.3, 0.4) is 0 Å². The molecule has 32 heavy (non-hydrogen) atoms. The zero-order valence-electron chi connectivity index (χ0n) is 18.3. The van der Waals surface area contributed by atoms with Crippen molar-refractivity contribution in [1.29, 1.82) is 0 Å². The van der Waals surface area contributed by atoms with E-state index in [1.807, 2.05) is 57.2 Å². The summed E-state index contributed by atoms with van der Waals surface area (Å²) in [6, 6.07) is 14.9. The Morgan fingerprint density at radius 1 is 0.969 bits per heavy atom. The lowest BCUT2D eigenvalue weighted by Crippen LogP contribution is -2.36. The van der Waals surface area contributed by atoms with E-state index in [2.05, 4.69) is 5.32 Å². The van der Waals surface area contributed by atoms with E-state index in [-0.39, 0.29) is 17.0 Å². The number of anilines is 1. The summed E-state index contributed by atoms with van der Waals surface area (Å²) in [6.45, 7) is 6.26. The van der Waals surface area contributed by atoms with Crippen LogP contribution in [0.5, 0.6) is 0 Å². The molecule has 1 heterocycles. The number of halogens is 1. The smallest absolute Gasteiger partial charge is 0.258 e. The normalized spacial score (nSPS) is 14.1. The summed E-state index contributed by atoms with van der Waals surface area (Å²) in [5.41, 5.74) is 5.14. The molecule has 7 heteroatoms. The van der Waals surface area contributed by atoms with Crippen molar-refractivity contribution in [1.82, 2.24) is 4.31 Å². The Morgan fingerprint density at radius 2 is 1.62 bits per heavy atom. The maximum Gasteiger partial charge on any atom is 0.258 e. The van der Waals surface area contributed by atoms with E-state index in [0.717, 1.165) is 39.9 Å². The molecule has 166 valence electrons. The molecule has 5 nitrogen and oxygen atoms in total. The van der Waals surface area contributed by atoms with E-state index < -0.39 is 21.7 Å². The summed E-state index contributed by atoms with van der Waals surface area (Å²) in [5.74, 6) is -1.45. The second kappa shape index (κ2) is 8.48. The number of amides is 1. The standard InChI is InChI=1S/C25H25FN2O3S/c1-16-12-17(2)24(18(3)13-16)27-25(29)22-14-21(8-9-23(22)26)32(30,31)28-11-10-19-6-4-5-7-20(19)15-28/h4-9,12-14H,10-11,15H2,1-3H3,(H,27,29). The zero-order chi connectivity index (χ0) is 23.0. The van der Waals surface area contributed by atoms with Gasteiger partial charge in [-0.15, -0.1) is 0 Å². The highest BCUT2D eigenvalue weighted by Crippen LogP contribution is 2.27. The Balaban J connectivity index is 1.63. The van der Waals surface area contributed by atoms with Gasteiger partial charge in [-0.05, 0) is 67.6 Å². The van der Waals surface area contributed by atoms with E-state index in [4.69, 9.17) is 0 Å². The van der Waals surface area contributed by atoms with Crippen LogP contribution in [0.15, 0.2) is 59.5 Å². The molecular weight excluding hydrogens is 427 g/mol. The second-order valence-corrected chi connectivity index (χ2v) is 10.2. The number of sulfonamides is 1. The van der Waals surface area contributed by atoms with Gasteiger partial charge in [0.2, 0.25) is 10.0 Å². The van der Waals surface area contributed by atoms with Crippen molar-refractivity contribution in [2.24, 2.45) is 0 Å². The largest absolute Gasteiger partial charge is 0.321 e. The fourth-order valence-corrected chi connectivity index (χ4v) is 5.67. The van der Waals surface area contributed by atoms with Crippen LogP contribution >= 0.6 is 0 Å². The van der Waals surface area contributed by atoms with Crippen LogP contribution < -0.4 is 5.32 Å². The fourth-order valence-electron chi connectivity index (χ4n) is 4.22. The van der Waals surface area contributed by atoms with Crippen LogP contribution in [0.4, 0.5) is 10.1 Å². The van der Waals surface area contributed by atoms with E-state index in [9.17, 15) is 17.6 Å². The van der Waals surface area contributed by atoms with Crippen LogP contribution in [-0.4, -0.2) is 25.2 Å². The van der Waals surface area contributed by atoms with Crippen LogP contribution in [-0.2, 0) is 23.0 Å². The van der Waals surface area contributed by atoms with E-state index in [1.54, 1.807) is 0 Å². The number of hydrogen-bond donors (Lipinski definition) is 1. The van der Waals surface area contributed by atoms with Crippen molar-refractivity contribution in [3.8, 4) is 0 Å². The molecule has 0 radical (unpaired) electrons. The topological polar surface area (TPSA) is 66.5 Å². The molecule has 1 N–H and O–H groups in total. The average molecular weight is 453 g/mol. The molecule has 0 fully saturated rings. The highest BCUT2D eigenvalue weighted by molar-refractivity contribution is 7.89. The number of hydrogen-bond acceptors (Lipinski definition) is 3. The first-order valence-corrected chi connectivity index (χ1v) is 11.9. The number of benzene rings is 3. The molecule has 0 aliphatic carbocycles. The number of carbonyl (C=O) groups excluding carboxylic acids is 1. The quantitative estimate of drug-likeness (QED) is 0.621. The van der Waals surface area contributed by atoms with Crippen LogP contribution in [0.2, 0.25) is 0 Å². The molecule has 0 saturated heterocycles. The van der Waals surface area contributed by atoms with E-state index >= 15 is 0 Å². The highest BCUT2D eigenvalue weighted by atomic mass is 32.2. The van der Waals surface area contributed by atoms with Gasteiger partial charge in [0.1, 0.15) is 5.82 Å². The number of aryl methyl sites for hydroxylation is 3. The van der Waals surface area contributed by atoms with Crippen LogP contribution in [0.25, 0.3) is 0 Å². The molecule has 1 aliphatic heterocycles. The van der Waals surface area contributed by atoms with Gasteiger partial charge < -0.3 is 5.32 Å². The SMILES string of the molecule is Cc1cc(C)c(NC(=O)c2cc(S(=O)(=O)N3CCc4ccccc4C3)ccc2F)c(C)c1. The van der Waals surface area contributed by atoms with Gasteiger partial charge in [-0.3, -0.25) is 4.79 Å². The Labute approximate surface area is 187 Å². The zero-order valence-corrected chi connectivity index (χ0v) is 19.1. The average Bonchev–Trinajstić information content (AvgIpc) is 2.75. The molecule has 0 aromatic heterocycles. The summed E-state index contributed by atoms with van der Waals surface area (Å²) < 4.78 is 42.4. The Morgan fingerprint density at radius 3 is 2.31 bits per heavy atom. The monoisotopic (exact) mass is 452 g/mol. The van der Waals surface area contributed by atoms with Gasteiger partial charge in [0.15, 0.2) is 0 Å². The minimum absolute atomic E-state index is 0.0965. The molecule has 3 aromatic rings. The Bertz CT molecular complexity index is 1300. The van der Waals surface area contributed by atoms with Gasteiger partial charge in [-0.25, -0.2) is 12.8 Å². The molecule has 0 saturated carbocycles. The van der Waals surface area contributed by atoms with Gasteiger partial charge in [0.25, 0.3) is 5.91 Å². The van der Waals surface area contributed by atoms with Gasteiger partial charge in [-0.2, -0.15) is 4.31 Å². The van der Waals surface area contributed by atoms with Crippen LogP contribution in [0, 0.1) is 26.6 Å². The minimum atomic E-state index is -3.89. The van der Waals surface area contributed by atoms with Crippen molar-refractivity contribution in [3.63, 3.8) is 0 Å². The molecule has 0 atom stereocenters. The maximum atomic E-state index is 14.5. The molecule has 1 aliphatic rings. The second-order valence-electron chi connectivity index (χ2n) is 8.23. The Hall–Kier alpha value is -3.03. The first-order chi connectivity index (χ1) is 15.2. The van der Waals surface area contributed by atoms with Gasteiger partial charge in [0, 0.05) is 18.8 Å². The number of nitrogens with one attached hydrogen (secondary N) is 1. The third-order valence-corrected chi connectivity index (χ3v) is 7.67. The minimum Gasteiger partial charge on any atom is -0.321 e. The lowest BCUT2D eigenvalue weighted by Gasteiger charge is -2.28. The van der Waals surface area contributed by atoms with Crippen molar-refractivity contribution >= 4 is 21.6 Å². The van der Waals surface area contributed by atoms with Crippen LogP contribution in [0.1, 0.15) is 38.2 Å². The van der Waals surface area contributed by atoms with E-state index in [1.165, 1.54) is 10.4 Å². The van der Waals surface area contributed by atoms with Crippen molar-refractivity contribution in [2.45, 2.75) is 38.6 Å². The third-order valence-electron chi connectivity index (χ3n) is 5.83. The summed E-state index contributed by atoms with van der Waals surface area (Å²) in [6.07, 6.45) is 0.607. The fraction of sp³-hybridized carbons (Fsp3) is 0.240. The van der Waals surface area contributed by atoms with Gasteiger partial charge in [0.05, 0.1) is 10.5 Å². The molecule has 0 unspecified atom stereocenters. The summed E-state index contributed by atoms with van der Waals surface area (Å²) >= 11 is 0. The van der Waals surface area contributed by atoms with Crippen molar-refractivity contribution < 1.29 is 17.6 Å². The molecule has 4 rings (SSSR count). The van der Waals surface area contributed by atoms with E-state index in [0.29, 0.717) is 18.7 Å². The first-order valence-electron chi connectivity index (χ1n) is 10.4. The number of nitrogens with zero attached hydrogens (tertiary/aromatic N) is 1. The molecule has 0 spiro atoms. The molecule has 1 amide bonds. The van der Waals surface area contributed by atoms with Crippen molar-refractivity contribution in [3.05, 3.63) is 93.8 Å². The lowest BCUT2D eigenvalue weighted by atomic mass is 10.0. The molecule has 0 bridgehead atoms. The summed E-state index contributed by atoms with van der Waals surface area (Å²) in [4.78, 5) is 12.8. The highest BCUT2D eigenvalue weighted by Gasteiger charge is 2.29. The molecule has 3 aromatic carbocycles. The number of fused-ring (bicyclic) bond motifs is 1. The number of rotatable bonds is 4. The van der Waals surface area contributed by atoms with Crippen molar-refractivity contribution in [2.75, 3.05) is 11.9 Å². The number of carbonyl (C=O) groups is 1. The molecular formula is C25H25FN2O3S. The predicted octanol–water partition coefficient (Wildman–Crippen LogP) is 4.75. The predicted molar refractivity (Wildman–Crippen MR) is 123 cm³/mol. The lowest BCUT2D eigenvalue weighted by molar-refractivity contribution is 0.102. The van der Waals surface area contributed by atoms with Gasteiger partial charge in [-0.1, -0.05) is 42.0 Å². The summed E-state index contributed by atoms with van der Waals surface area (Å²) in [7, 11) is -3.89. The van der Waals surface area contributed by atoms with Gasteiger partial charge >= 0.3 is 0 Å².